The van der Waals surface area contributed by atoms with Gasteiger partial charge >= 0.3 is 0 Å². The summed E-state index contributed by atoms with van der Waals surface area (Å²) in [6.45, 7) is 4.24. The minimum atomic E-state index is -0.221. The average Bonchev–Trinajstić information content (AvgIpc) is 2.15. The van der Waals surface area contributed by atoms with E-state index in [1.165, 1.54) is 0 Å². The molecular formula is C8H18FN3. The molecule has 0 radical (unpaired) electrons. The normalized spacial score (nSPS) is 26.0. The average molecular weight is 175 g/mol. The van der Waals surface area contributed by atoms with Crippen LogP contribution in [0, 0.1) is 0 Å². The molecule has 0 bridgehead atoms. The van der Waals surface area contributed by atoms with Crippen LogP contribution in [0.3, 0.4) is 0 Å². The Morgan fingerprint density at radius 1 is 1.58 bits per heavy atom. The van der Waals surface area contributed by atoms with Crippen LogP contribution in [0.15, 0.2) is 0 Å². The third-order valence-electron chi connectivity index (χ3n) is 2.32. The van der Waals surface area contributed by atoms with Crippen molar-refractivity contribution in [2.45, 2.75) is 12.5 Å². The highest BCUT2D eigenvalue weighted by molar-refractivity contribution is 4.79. The summed E-state index contributed by atoms with van der Waals surface area (Å²) in [5.41, 5.74) is 5.59. The Morgan fingerprint density at radius 2 is 2.42 bits per heavy atom. The van der Waals surface area contributed by atoms with Gasteiger partial charge in [-0.15, -0.1) is 0 Å². The van der Waals surface area contributed by atoms with Crippen molar-refractivity contribution in [3.8, 4) is 0 Å². The van der Waals surface area contributed by atoms with E-state index < -0.39 is 0 Å². The number of nitrogens with two attached hydrogens (primary N) is 1. The molecule has 1 saturated heterocycles. The van der Waals surface area contributed by atoms with E-state index in [9.17, 15) is 4.39 Å². The lowest BCUT2D eigenvalue weighted by Crippen LogP contribution is -2.54. The molecule has 1 heterocycles. The molecule has 0 aromatic rings. The third kappa shape index (κ3) is 2.69. The van der Waals surface area contributed by atoms with Crippen molar-refractivity contribution < 1.29 is 4.39 Å². The summed E-state index contributed by atoms with van der Waals surface area (Å²) in [7, 11) is 0. The van der Waals surface area contributed by atoms with Crippen LogP contribution < -0.4 is 11.1 Å². The Bertz CT molecular complexity index is 121. The van der Waals surface area contributed by atoms with Gasteiger partial charge in [0.1, 0.15) is 0 Å². The number of hydrogen-bond donors (Lipinski definition) is 2. The fourth-order valence-corrected chi connectivity index (χ4v) is 1.59. The maximum atomic E-state index is 11.9. The van der Waals surface area contributed by atoms with Gasteiger partial charge < -0.3 is 11.1 Å². The molecule has 4 heteroatoms. The molecule has 1 aliphatic heterocycles. The lowest BCUT2D eigenvalue weighted by Gasteiger charge is -2.35. The fraction of sp³-hybridized carbons (Fsp3) is 1.00. The molecule has 0 amide bonds. The molecule has 0 aromatic heterocycles. The molecule has 72 valence electrons. The number of piperazine rings is 1. The molecule has 0 saturated carbocycles. The predicted molar refractivity (Wildman–Crippen MR) is 47.9 cm³/mol. The minimum absolute atomic E-state index is 0.221. The molecule has 3 N–H and O–H groups in total. The number of alkyl halides is 1. The van der Waals surface area contributed by atoms with Gasteiger partial charge in [0.05, 0.1) is 6.67 Å². The Kier molecular flexibility index (Phi) is 4.50. The maximum absolute atomic E-state index is 11.9. The largest absolute Gasteiger partial charge is 0.329 e. The van der Waals surface area contributed by atoms with E-state index in [0.29, 0.717) is 19.0 Å². The molecule has 1 aliphatic rings. The standard InChI is InChI=1S/C8H18FN3/c9-2-1-4-12-5-3-11-7-8(12)6-10/h8,11H,1-7,10H2. The van der Waals surface area contributed by atoms with Crippen LogP contribution in [0.4, 0.5) is 4.39 Å². The Hall–Kier alpha value is -0.190. The molecular weight excluding hydrogens is 157 g/mol. The molecule has 1 fully saturated rings. The van der Waals surface area contributed by atoms with Crippen molar-refractivity contribution >= 4 is 0 Å². The first-order valence-corrected chi connectivity index (χ1v) is 4.59. The number of nitrogens with one attached hydrogen (secondary N) is 1. The first kappa shape index (κ1) is 9.89. The van der Waals surface area contributed by atoms with Crippen molar-refractivity contribution in [3.63, 3.8) is 0 Å². The zero-order valence-corrected chi connectivity index (χ0v) is 7.43. The Balaban J connectivity index is 2.26. The molecule has 1 atom stereocenters. The molecule has 0 aromatic carbocycles. The number of halogens is 1. The number of hydrogen-bond acceptors (Lipinski definition) is 3. The smallest absolute Gasteiger partial charge is 0.0906 e. The summed E-state index contributed by atoms with van der Waals surface area (Å²) < 4.78 is 11.9. The van der Waals surface area contributed by atoms with Gasteiger partial charge in [-0.3, -0.25) is 9.29 Å². The number of rotatable bonds is 4. The Morgan fingerprint density at radius 3 is 3.08 bits per heavy atom. The maximum Gasteiger partial charge on any atom is 0.0906 e. The van der Waals surface area contributed by atoms with E-state index in [4.69, 9.17) is 5.73 Å². The summed E-state index contributed by atoms with van der Waals surface area (Å²) >= 11 is 0. The van der Waals surface area contributed by atoms with Gasteiger partial charge in [0, 0.05) is 38.8 Å². The van der Waals surface area contributed by atoms with Gasteiger partial charge in [0.15, 0.2) is 0 Å². The van der Waals surface area contributed by atoms with E-state index in [1.54, 1.807) is 0 Å². The van der Waals surface area contributed by atoms with E-state index >= 15 is 0 Å². The first-order valence-electron chi connectivity index (χ1n) is 4.59. The van der Waals surface area contributed by atoms with Crippen molar-refractivity contribution in [2.75, 3.05) is 39.4 Å². The number of nitrogens with zero attached hydrogens (tertiary/aromatic N) is 1. The quantitative estimate of drug-likeness (QED) is 0.609. The van der Waals surface area contributed by atoms with E-state index in [2.05, 4.69) is 10.2 Å². The van der Waals surface area contributed by atoms with E-state index in [1.807, 2.05) is 0 Å². The molecule has 12 heavy (non-hydrogen) atoms. The zero-order valence-electron chi connectivity index (χ0n) is 7.43. The van der Waals surface area contributed by atoms with Gasteiger partial charge in [0.2, 0.25) is 0 Å². The second kappa shape index (κ2) is 5.45. The third-order valence-corrected chi connectivity index (χ3v) is 2.32. The Labute approximate surface area is 73.1 Å². The summed E-state index contributed by atoms with van der Waals surface area (Å²) in [6, 6.07) is 0.408. The van der Waals surface area contributed by atoms with Crippen LogP contribution in [0.5, 0.6) is 0 Å². The van der Waals surface area contributed by atoms with Gasteiger partial charge in [-0.1, -0.05) is 0 Å². The minimum Gasteiger partial charge on any atom is -0.329 e. The topological polar surface area (TPSA) is 41.3 Å². The highest BCUT2D eigenvalue weighted by Gasteiger charge is 2.19. The van der Waals surface area contributed by atoms with Gasteiger partial charge in [0.25, 0.3) is 0 Å². The lowest BCUT2D eigenvalue weighted by molar-refractivity contribution is 0.160. The molecule has 1 unspecified atom stereocenters. The van der Waals surface area contributed by atoms with Gasteiger partial charge in [-0.25, -0.2) is 0 Å². The summed E-state index contributed by atoms with van der Waals surface area (Å²) in [5, 5.41) is 3.28. The highest BCUT2D eigenvalue weighted by Crippen LogP contribution is 2.02. The first-order chi connectivity index (χ1) is 5.88. The van der Waals surface area contributed by atoms with Gasteiger partial charge in [-0.2, -0.15) is 0 Å². The highest BCUT2D eigenvalue weighted by atomic mass is 19.1. The second-order valence-electron chi connectivity index (χ2n) is 3.17. The van der Waals surface area contributed by atoms with Crippen LogP contribution in [0.2, 0.25) is 0 Å². The predicted octanol–water partition coefficient (Wildman–Crippen LogP) is -0.421. The van der Waals surface area contributed by atoms with Crippen molar-refractivity contribution in [2.24, 2.45) is 5.73 Å². The second-order valence-corrected chi connectivity index (χ2v) is 3.17. The summed E-state index contributed by atoms with van der Waals surface area (Å²) in [5.74, 6) is 0. The SMILES string of the molecule is NCC1CNCCN1CCCF. The van der Waals surface area contributed by atoms with E-state index in [-0.39, 0.29) is 6.67 Å². The molecule has 0 spiro atoms. The van der Waals surface area contributed by atoms with Crippen LogP contribution in [-0.4, -0.2) is 50.3 Å². The van der Waals surface area contributed by atoms with Crippen LogP contribution >= 0.6 is 0 Å². The summed E-state index contributed by atoms with van der Waals surface area (Å²) in [4.78, 5) is 2.27. The van der Waals surface area contributed by atoms with Crippen molar-refractivity contribution in [1.29, 1.82) is 0 Å². The van der Waals surface area contributed by atoms with Crippen LogP contribution in [0.25, 0.3) is 0 Å². The van der Waals surface area contributed by atoms with Gasteiger partial charge in [-0.05, 0) is 6.42 Å². The van der Waals surface area contributed by atoms with Crippen molar-refractivity contribution in [1.82, 2.24) is 10.2 Å². The molecule has 1 rings (SSSR count). The molecule has 0 aliphatic carbocycles. The van der Waals surface area contributed by atoms with Crippen molar-refractivity contribution in [3.05, 3.63) is 0 Å². The zero-order chi connectivity index (χ0) is 8.81. The lowest BCUT2D eigenvalue weighted by atomic mass is 10.2. The molecule has 3 nitrogen and oxygen atoms in total. The van der Waals surface area contributed by atoms with Crippen LogP contribution in [-0.2, 0) is 0 Å². The summed E-state index contributed by atoms with van der Waals surface area (Å²) in [6.07, 6.45) is 0.635. The van der Waals surface area contributed by atoms with Crippen LogP contribution in [0.1, 0.15) is 6.42 Å². The monoisotopic (exact) mass is 175 g/mol. The fourth-order valence-electron chi connectivity index (χ4n) is 1.59. The van der Waals surface area contributed by atoms with E-state index in [0.717, 1.165) is 26.2 Å².